The third kappa shape index (κ3) is 2.80. The monoisotopic (exact) mass is 276 g/mol. The SMILES string of the molecule is Cc1ccc(F)cc1C(Cl)C1CCS(=O)(=O)C1. The quantitative estimate of drug-likeness (QED) is 0.779. The van der Waals surface area contributed by atoms with E-state index in [-0.39, 0.29) is 23.2 Å². The zero-order chi connectivity index (χ0) is 12.6. The van der Waals surface area contributed by atoms with Crippen LogP contribution in [0.1, 0.15) is 22.9 Å². The van der Waals surface area contributed by atoms with E-state index in [0.717, 1.165) is 5.56 Å². The number of sulfone groups is 1. The van der Waals surface area contributed by atoms with Crippen molar-refractivity contribution in [3.8, 4) is 0 Å². The van der Waals surface area contributed by atoms with E-state index in [1.807, 2.05) is 6.92 Å². The van der Waals surface area contributed by atoms with Crippen LogP contribution in [0.15, 0.2) is 18.2 Å². The van der Waals surface area contributed by atoms with E-state index >= 15 is 0 Å². The zero-order valence-electron chi connectivity index (χ0n) is 9.49. The normalized spacial score (nSPS) is 24.8. The fourth-order valence-corrected chi connectivity index (χ4v) is 4.61. The zero-order valence-corrected chi connectivity index (χ0v) is 11.1. The summed E-state index contributed by atoms with van der Waals surface area (Å²) >= 11 is 6.29. The maximum absolute atomic E-state index is 13.2. The van der Waals surface area contributed by atoms with Gasteiger partial charge in [0, 0.05) is 0 Å². The molecule has 0 saturated carbocycles. The molecule has 0 bridgehead atoms. The predicted octanol–water partition coefficient (Wildman–Crippen LogP) is 2.85. The maximum atomic E-state index is 13.2. The summed E-state index contributed by atoms with van der Waals surface area (Å²) in [5.41, 5.74) is 1.60. The minimum Gasteiger partial charge on any atom is -0.229 e. The van der Waals surface area contributed by atoms with Gasteiger partial charge >= 0.3 is 0 Å². The average molecular weight is 277 g/mol. The highest BCUT2D eigenvalue weighted by Gasteiger charge is 2.34. The first-order valence-electron chi connectivity index (χ1n) is 5.49. The first-order valence-corrected chi connectivity index (χ1v) is 7.75. The summed E-state index contributed by atoms with van der Waals surface area (Å²) in [5, 5.41) is -0.428. The molecule has 2 unspecified atom stereocenters. The van der Waals surface area contributed by atoms with Crippen molar-refractivity contribution in [3.05, 3.63) is 35.1 Å². The Balaban J connectivity index is 2.26. The number of halogens is 2. The summed E-state index contributed by atoms with van der Waals surface area (Å²) in [6.07, 6.45) is 0.562. The molecule has 0 spiro atoms. The molecule has 0 N–H and O–H groups in total. The molecule has 2 rings (SSSR count). The molecule has 0 radical (unpaired) electrons. The van der Waals surface area contributed by atoms with E-state index in [1.54, 1.807) is 6.07 Å². The van der Waals surface area contributed by atoms with Crippen molar-refractivity contribution in [2.24, 2.45) is 5.92 Å². The van der Waals surface area contributed by atoms with Gasteiger partial charge in [-0.25, -0.2) is 12.8 Å². The van der Waals surface area contributed by atoms with Crippen LogP contribution in [0.25, 0.3) is 0 Å². The number of alkyl halides is 1. The topological polar surface area (TPSA) is 34.1 Å². The largest absolute Gasteiger partial charge is 0.229 e. The standard InChI is InChI=1S/C12H14ClFO2S/c1-8-2-3-10(14)6-11(8)12(13)9-4-5-17(15,16)7-9/h2-3,6,9,12H,4-5,7H2,1H3. The minimum atomic E-state index is -2.95. The van der Waals surface area contributed by atoms with E-state index in [2.05, 4.69) is 0 Å². The highest BCUT2D eigenvalue weighted by atomic mass is 35.5. The smallest absolute Gasteiger partial charge is 0.150 e. The first kappa shape index (κ1) is 12.8. The summed E-state index contributed by atoms with van der Waals surface area (Å²) in [6.45, 7) is 1.85. The van der Waals surface area contributed by atoms with Gasteiger partial charge in [-0.1, -0.05) is 6.07 Å². The van der Waals surface area contributed by atoms with E-state index in [4.69, 9.17) is 11.6 Å². The van der Waals surface area contributed by atoms with Crippen LogP contribution in [0.4, 0.5) is 4.39 Å². The van der Waals surface area contributed by atoms with Gasteiger partial charge < -0.3 is 0 Å². The van der Waals surface area contributed by atoms with Gasteiger partial charge in [-0.05, 0) is 42.5 Å². The highest BCUT2D eigenvalue weighted by molar-refractivity contribution is 7.91. The Morgan fingerprint density at radius 3 is 2.76 bits per heavy atom. The molecule has 1 saturated heterocycles. The van der Waals surface area contributed by atoms with E-state index in [9.17, 15) is 12.8 Å². The van der Waals surface area contributed by atoms with Crippen LogP contribution in [0.3, 0.4) is 0 Å². The van der Waals surface area contributed by atoms with Crippen molar-refractivity contribution >= 4 is 21.4 Å². The highest BCUT2D eigenvalue weighted by Crippen LogP contribution is 2.37. The molecule has 1 aliphatic rings. The molecule has 1 aliphatic heterocycles. The average Bonchev–Trinajstić information content (AvgIpc) is 2.61. The summed E-state index contributed by atoms with van der Waals surface area (Å²) in [4.78, 5) is 0. The Morgan fingerprint density at radius 1 is 1.47 bits per heavy atom. The van der Waals surface area contributed by atoms with Crippen molar-refractivity contribution < 1.29 is 12.8 Å². The Morgan fingerprint density at radius 2 is 2.18 bits per heavy atom. The maximum Gasteiger partial charge on any atom is 0.150 e. The van der Waals surface area contributed by atoms with Crippen LogP contribution in [0, 0.1) is 18.7 Å². The second-order valence-corrected chi connectivity index (χ2v) is 7.26. The number of hydrogen-bond donors (Lipinski definition) is 0. The number of hydrogen-bond acceptors (Lipinski definition) is 2. The molecular weight excluding hydrogens is 263 g/mol. The lowest BCUT2D eigenvalue weighted by molar-refractivity contribution is 0.562. The lowest BCUT2D eigenvalue weighted by atomic mass is 9.95. The summed E-state index contributed by atoms with van der Waals surface area (Å²) in [7, 11) is -2.95. The molecule has 1 heterocycles. The molecule has 2 atom stereocenters. The molecule has 17 heavy (non-hydrogen) atoms. The molecule has 5 heteroatoms. The fraction of sp³-hybridized carbons (Fsp3) is 0.500. The van der Waals surface area contributed by atoms with E-state index in [0.29, 0.717) is 12.0 Å². The van der Waals surface area contributed by atoms with Crippen molar-refractivity contribution in [2.45, 2.75) is 18.7 Å². The molecule has 0 aliphatic carbocycles. The van der Waals surface area contributed by atoms with Gasteiger partial charge in [-0.3, -0.25) is 0 Å². The van der Waals surface area contributed by atoms with Crippen LogP contribution in [-0.2, 0) is 9.84 Å². The van der Waals surface area contributed by atoms with E-state index < -0.39 is 15.2 Å². The van der Waals surface area contributed by atoms with Crippen LogP contribution in [0.5, 0.6) is 0 Å². The molecule has 2 nitrogen and oxygen atoms in total. The molecule has 94 valence electrons. The van der Waals surface area contributed by atoms with Gasteiger partial charge in [-0.15, -0.1) is 11.6 Å². The van der Waals surface area contributed by atoms with Crippen LogP contribution < -0.4 is 0 Å². The molecule has 1 aromatic carbocycles. The Bertz CT molecular complexity index is 527. The third-order valence-corrected chi connectivity index (χ3v) is 5.61. The summed E-state index contributed by atoms with van der Waals surface area (Å²) < 4.78 is 36.0. The Labute approximate surface area is 106 Å². The second kappa shape index (κ2) is 4.58. The first-order chi connectivity index (χ1) is 7.89. The van der Waals surface area contributed by atoms with Gasteiger partial charge in [-0.2, -0.15) is 0 Å². The van der Waals surface area contributed by atoms with Crippen LogP contribution in [0.2, 0.25) is 0 Å². The molecule has 0 aromatic heterocycles. The number of aryl methyl sites for hydroxylation is 1. The molecule has 1 aromatic rings. The Kier molecular flexibility index (Phi) is 3.46. The molecular formula is C12H14ClFO2S. The van der Waals surface area contributed by atoms with Gasteiger partial charge in [0.15, 0.2) is 9.84 Å². The summed E-state index contributed by atoms with van der Waals surface area (Å²) in [6, 6.07) is 4.45. The third-order valence-electron chi connectivity index (χ3n) is 3.22. The number of benzene rings is 1. The van der Waals surface area contributed by atoms with Gasteiger partial charge in [0.1, 0.15) is 5.82 Å². The van der Waals surface area contributed by atoms with Gasteiger partial charge in [0.2, 0.25) is 0 Å². The Hall–Kier alpha value is -0.610. The lowest BCUT2D eigenvalue weighted by Gasteiger charge is -2.18. The summed E-state index contributed by atoms with van der Waals surface area (Å²) in [5.74, 6) is -0.147. The van der Waals surface area contributed by atoms with Crippen LogP contribution in [-0.4, -0.2) is 19.9 Å². The fourth-order valence-electron chi connectivity index (χ4n) is 2.22. The van der Waals surface area contributed by atoms with E-state index in [1.165, 1.54) is 12.1 Å². The van der Waals surface area contributed by atoms with Crippen molar-refractivity contribution in [1.82, 2.24) is 0 Å². The minimum absolute atomic E-state index is 0.108. The van der Waals surface area contributed by atoms with Crippen molar-refractivity contribution in [3.63, 3.8) is 0 Å². The molecule has 0 amide bonds. The van der Waals surface area contributed by atoms with Gasteiger partial charge in [0.05, 0.1) is 16.9 Å². The molecule has 1 fully saturated rings. The van der Waals surface area contributed by atoms with Gasteiger partial charge in [0.25, 0.3) is 0 Å². The number of rotatable bonds is 2. The lowest BCUT2D eigenvalue weighted by Crippen LogP contribution is -2.11. The van der Waals surface area contributed by atoms with Crippen molar-refractivity contribution in [2.75, 3.05) is 11.5 Å². The van der Waals surface area contributed by atoms with Crippen molar-refractivity contribution in [1.29, 1.82) is 0 Å². The predicted molar refractivity (Wildman–Crippen MR) is 66.5 cm³/mol. The second-order valence-electron chi connectivity index (χ2n) is 4.57. The van der Waals surface area contributed by atoms with Crippen LogP contribution >= 0.6 is 11.6 Å².